The summed E-state index contributed by atoms with van der Waals surface area (Å²) in [4.78, 5) is 2.80. The molecule has 3 aromatic carbocycles. The van der Waals surface area contributed by atoms with E-state index in [0.717, 1.165) is 42.4 Å². The summed E-state index contributed by atoms with van der Waals surface area (Å²) in [5.41, 5.74) is 11.7. The maximum atomic E-state index is 8.42. The number of hydrogen-bond donors (Lipinski definition) is 0. The highest BCUT2D eigenvalue weighted by molar-refractivity contribution is 5.15. The van der Waals surface area contributed by atoms with Crippen LogP contribution in [0.2, 0.25) is 0 Å². The first kappa shape index (κ1) is 29.7. The third kappa shape index (κ3) is 10.1. The summed E-state index contributed by atoms with van der Waals surface area (Å²) in [6, 6.07) is 30.3. The zero-order valence-electron chi connectivity index (χ0n) is 22.9. The molecule has 0 radical (unpaired) electrons. The first-order chi connectivity index (χ1) is 19.8. The molecule has 0 unspecified atom stereocenters. The second-order valence-corrected chi connectivity index (χ2v) is 9.81. The average molecular weight is 546 g/mol. The van der Waals surface area contributed by atoms with Crippen LogP contribution in [0.1, 0.15) is 42.4 Å². The van der Waals surface area contributed by atoms with Gasteiger partial charge in [0.05, 0.1) is 26.4 Å². The fourth-order valence-corrected chi connectivity index (χ4v) is 4.62. The lowest BCUT2D eigenvalue weighted by Crippen LogP contribution is -2.39. The standard InChI is InChI=1S/C32H39N3O5/c33-35-34-20-12-1-2-13-21-37-32-31(39-24-28-18-10-5-11-19-28)30(38-23-27-16-8-4-9-17-27)29(40-32)25-36-22-26-14-6-3-7-15-26/h3-11,14-19,29-32H,1-2,12-13,20-25H2/t29-,30-,31+,32-/m1/s1. The van der Waals surface area contributed by atoms with Crippen LogP contribution in [0.3, 0.4) is 0 Å². The molecule has 8 heteroatoms. The van der Waals surface area contributed by atoms with Crippen molar-refractivity contribution in [2.24, 2.45) is 5.11 Å². The number of unbranched alkanes of at least 4 members (excludes halogenated alkanes) is 3. The Morgan fingerprint density at radius 1 is 0.650 bits per heavy atom. The Morgan fingerprint density at radius 2 is 1.20 bits per heavy atom. The van der Waals surface area contributed by atoms with Crippen LogP contribution in [-0.2, 0) is 43.5 Å². The highest BCUT2D eigenvalue weighted by Crippen LogP contribution is 2.30. The predicted octanol–water partition coefficient (Wildman–Crippen LogP) is 6.99. The molecule has 3 aromatic rings. The first-order valence-electron chi connectivity index (χ1n) is 14.0. The Balaban J connectivity index is 1.40. The number of rotatable bonds is 18. The lowest BCUT2D eigenvalue weighted by Gasteiger charge is -2.25. The normalized spacial score (nSPS) is 20.3. The van der Waals surface area contributed by atoms with E-state index in [1.807, 2.05) is 91.0 Å². The predicted molar refractivity (Wildman–Crippen MR) is 153 cm³/mol. The smallest absolute Gasteiger partial charge is 0.186 e. The van der Waals surface area contributed by atoms with E-state index in [9.17, 15) is 0 Å². The summed E-state index contributed by atoms with van der Waals surface area (Å²) >= 11 is 0. The molecular weight excluding hydrogens is 506 g/mol. The van der Waals surface area contributed by atoms with Crippen molar-refractivity contribution in [2.75, 3.05) is 19.8 Å². The third-order valence-electron chi connectivity index (χ3n) is 6.73. The van der Waals surface area contributed by atoms with E-state index >= 15 is 0 Å². The molecule has 0 amide bonds. The fraction of sp³-hybridized carbons (Fsp3) is 0.438. The minimum absolute atomic E-state index is 0.345. The molecule has 4 rings (SSSR count). The summed E-state index contributed by atoms with van der Waals surface area (Å²) < 4.78 is 31.6. The van der Waals surface area contributed by atoms with Crippen molar-refractivity contribution in [1.29, 1.82) is 0 Å². The van der Waals surface area contributed by atoms with Crippen molar-refractivity contribution in [1.82, 2.24) is 0 Å². The Bertz CT molecular complexity index is 1130. The van der Waals surface area contributed by atoms with Gasteiger partial charge in [0.15, 0.2) is 6.29 Å². The van der Waals surface area contributed by atoms with Gasteiger partial charge < -0.3 is 23.7 Å². The Kier molecular flexibility index (Phi) is 13.0. The van der Waals surface area contributed by atoms with Crippen molar-refractivity contribution in [2.45, 2.75) is 70.1 Å². The molecule has 40 heavy (non-hydrogen) atoms. The molecule has 0 aromatic heterocycles. The lowest BCUT2D eigenvalue weighted by molar-refractivity contribution is -0.185. The Morgan fingerprint density at radius 3 is 1.80 bits per heavy atom. The van der Waals surface area contributed by atoms with Crippen LogP contribution in [0.25, 0.3) is 10.4 Å². The molecule has 212 valence electrons. The van der Waals surface area contributed by atoms with Gasteiger partial charge in [-0.15, -0.1) is 0 Å². The molecule has 8 nitrogen and oxygen atoms in total. The summed E-state index contributed by atoms with van der Waals surface area (Å²) in [6.45, 7) is 2.79. The van der Waals surface area contributed by atoms with Gasteiger partial charge >= 0.3 is 0 Å². The molecule has 1 aliphatic rings. The van der Waals surface area contributed by atoms with Gasteiger partial charge in [-0.25, -0.2) is 0 Å². The van der Waals surface area contributed by atoms with E-state index in [-0.39, 0.29) is 12.2 Å². The summed E-state index contributed by atoms with van der Waals surface area (Å²) in [5, 5.41) is 3.59. The molecule has 0 spiro atoms. The van der Waals surface area contributed by atoms with Crippen molar-refractivity contribution < 1.29 is 23.7 Å². The van der Waals surface area contributed by atoms with Crippen molar-refractivity contribution in [3.8, 4) is 0 Å². The van der Waals surface area contributed by atoms with Crippen molar-refractivity contribution >= 4 is 0 Å². The van der Waals surface area contributed by atoms with Crippen LogP contribution in [-0.4, -0.2) is 44.4 Å². The Labute approximate surface area is 236 Å². The van der Waals surface area contributed by atoms with Crippen LogP contribution >= 0.6 is 0 Å². The summed E-state index contributed by atoms with van der Waals surface area (Å²) in [7, 11) is 0. The lowest BCUT2D eigenvalue weighted by atomic mass is 10.1. The molecule has 0 N–H and O–H groups in total. The molecule has 1 saturated heterocycles. The maximum absolute atomic E-state index is 8.42. The molecule has 0 saturated carbocycles. The highest BCUT2D eigenvalue weighted by Gasteiger charge is 2.47. The maximum Gasteiger partial charge on any atom is 0.186 e. The van der Waals surface area contributed by atoms with E-state index in [1.165, 1.54) is 0 Å². The molecule has 1 fully saturated rings. The molecular formula is C32H39N3O5. The highest BCUT2D eigenvalue weighted by atomic mass is 16.7. The SMILES string of the molecule is [N-]=[N+]=NCCCCCCO[C@@H]1O[C@H](COCc2ccccc2)[C@@H](OCc2ccccc2)[C@@H]1OCc1ccccc1. The molecule has 0 bridgehead atoms. The minimum Gasteiger partial charge on any atom is -0.374 e. The molecule has 1 aliphatic heterocycles. The number of benzene rings is 3. The topological polar surface area (TPSA) is 94.9 Å². The second-order valence-electron chi connectivity index (χ2n) is 9.81. The van der Waals surface area contributed by atoms with E-state index in [0.29, 0.717) is 39.6 Å². The van der Waals surface area contributed by atoms with E-state index < -0.39 is 12.4 Å². The molecule has 1 heterocycles. The van der Waals surface area contributed by atoms with Crippen LogP contribution < -0.4 is 0 Å². The van der Waals surface area contributed by atoms with Gasteiger partial charge in [-0.2, -0.15) is 0 Å². The number of hydrogen-bond acceptors (Lipinski definition) is 6. The van der Waals surface area contributed by atoms with Crippen LogP contribution in [0.5, 0.6) is 0 Å². The average Bonchev–Trinajstić information content (AvgIpc) is 3.33. The van der Waals surface area contributed by atoms with Gasteiger partial charge in [0.2, 0.25) is 0 Å². The van der Waals surface area contributed by atoms with Crippen molar-refractivity contribution in [3.05, 3.63) is 118 Å². The van der Waals surface area contributed by atoms with Gasteiger partial charge in [0, 0.05) is 18.1 Å². The zero-order valence-corrected chi connectivity index (χ0v) is 22.9. The van der Waals surface area contributed by atoms with Crippen molar-refractivity contribution in [3.63, 3.8) is 0 Å². The van der Waals surface area contributed by atoms with Gasteiger partial charge in [0.1, 0.15) is 18.3 Å². The minimum atomic E-state index is -0.571. The second kappa shape index (κ2) is 17.5. The summed E-state index contributed by atoms with van der Waals surface area (Å²) in [6.07, 6.45) is 2.03. The quantitative estimate of drug-likeness (QED) is 0.0743. The van der Waals surface area contributed by atoms with Gasteiger partial charge in [0.25, 0.3) is 0 Å². The number of azide groups is 1. The van der Waals surface area contributed by atoms with E-state index in [2.05, 4.69) is 10.0 Å². The number of ether oxygens (including phenoxy) is 5. The molecule has 0 aliphatic carbocycles. The Hall–Kier alpha value is -3.23. The molecule has 4 atom stereocenters. The van der Waals surface area contributed by atoms with Gasteiger partial charge in [-0.1, -0.05) is 109 Å². The first-order valence-corrected chi connectivity index (χ1v) is 14.0. The van der Waals surface area contributed by atoms with E-state index in [1.54, 1.807) is 0 Å². The van der Waals surface area contributed by atoms with Crippen LogP contribution in [0.4, 0.5) is 0 Å². The van der Waals surface area contributed by atoms with E-state index in [4.69, 9.17) is 29.2 Å². The van der Waals surface area contributed by atoms with Crippen LogP contribution in [0, 0.1) is 0 Å². The zero-order chi connectivity index (χ0) is 27.7. The third-order valence-corrected chi connectivity index (χ3v) is 6.73. The van der Waals surface area contributed by atoms with Crippen LogP contribution in [0.15, 0.2) is 96.1 Å². The monoisotopic (exact) mass is 545 g/mol. The largest absolute Gasteiger partial charge is 0.374 e. The van der Waals surface area contributed by atoms with Gasteiger partial charge in [-0.05, 0) is 35.1 Å². The fourth-order valence-electron chi connectivity index (χ4n) is 4.62. The van der Waals surface area contributed by atoms with Gasteiger partial charge in [-0.3, -0.25) is 0 Å². The summed E-state index contributed by atoms with van der Waals surface area (Å²) in [5.74, 6) is 0. The number of nitrogens with zero attached hydrogens (tertiary/aromatic N) is 3.